The van der Waals surface area contributed by atoms with Gasteiger partial charge in [-0.1, -0.05) is 6.07 Å². The maximum Gasteiger partial charge on any atom is 0.413 e. The lowest BCUT2D eigenvalue weighted by molar-refractivity contribution is 0.186. The summed E-state index contributed by atoms with van der Waals surface area (Å²) >= 11 is 0. The molecule has 4 aromatic rings. The number of imidazole rings is 1. The summed E-state index contributed by atoms with van der Waals surface area (Å²) in [5.41, 5.74) is 2.52. The number of methoxy groups -OCH3 is 2. The largest absolute Gasteiger partial charge is 0.497 e. The third kappa shape index (κ3) is 5.50. The van der Waals surface area contributed by atoms with Gasteiger partial charge in [0.05, 0.1) is 25.3 Å². The Morgan fingerprint density at radius 2 is 1.55 bits per heavy atom. The van der Waals surface area contributed by atoms with Gasteiger partial charge in [0.25, 0.3) is 0 Å². The van der Waals surface area contributed by atoms with Gasteiger partial charge < -0.3 is 29.8 Å². The van der Waals surface area contributed by atoms with E-state index in [0.717, 1.165) is 0 Å². The van der Waals surface area contributed by atoms with Crippen LogP contribution in [0.25, 0.3) is 11.0 Å². The van der Waals surface area contributed by atoms with Gasteiger partial charge in [-0.15, -0.1) is 0 Å². The predicted molar refractivity (Wildman–Crippen MR) is 124 cm³/mol. The molecule has 0 bridgehead atoms. The van der Waals surface area contributed by atoms with Crippen molar-refractivity contribution in [1.29, 1.82) is 0 Å². The smallest absolute Gasteiger partial charge is 0.413 e. The van der Waals surface area contributed by atoms with Crippen molar-refractivity contribution in [2.45, 2.75) is 0 Å². The summed E-state index contributed by atoms with van der Waals surface area (Å²) in [6, 6.07) is 18.9. The molecular formula is C23H21N5O5. The number of carbonyl (C=O) groups is 2. The van der Waals surface area contributed by atoms with E-state index in [-0.39, 0.29) is 12.0 Å². The number of fused-ring (bicyclic) bond motifs is 1. The lowest BCUT2D eigenvalue weighted by Gasteiger charge is -2.10. The van der Waals surface area contributed by atoms with Gasteiger partial charge >= 0.3 is 12.1 Å². The summed E-state index contributed by atoms with van der Waals surface area (Å²) in [6.07, 6.45) is -0.620. The lowest BCUT2D eigenvalue weighted by Crippen LogP contribution is -2.19. The molecule has 0 saturated heterocycles. The Morgan fingerprint density at radius 1 is 0.818 bits per heavy atom. The molecule has 0 fully saturated rings. The van der Waals surface area contributed by atoms with Crippen molar-refractivity contribution in [3.8, 4) is 17.2 Å². The first-order valence-electron chi connectivity index (χ1n) is 9.87. The second kappa shape index (κ2) is 9.60. The zero-order valence-electron chi connectivity index (χ0n) is 17.8. The molecular weight excluding hydrogens is 426 g/mol. The second-order valence-electron chi connectivity index (χ2n) is 6.82. The van der Waals surface area contributed by atoms with Crippen LogP contribution in [0.1, 0.15) is 0 Å². The first kappa shape index (κ1) is 21.5. The molecule has 1 heterocycles. The third-order valence-corrected chi connectivity index (χ3v) is 4.53. The second-order valence-corrected chi connectivity index (χ2v) is 6.82. The van der Waals surface area contributed by atoms with Crippen LogP contribution in [0.15, 0.2) is 66.7 Å². The molecule has 4 rings (SSSR count). The zero-order chi connectivity index (χ0) is 23.2. The number of rotatable bonds is 6. The van der Waals surface area contributed by atoms with E-state index in [2.05, 4.69) is 30.7 Å². The number of aromatic nitrogens is 2. The molecule has 0 spiro atoms. The minimum absolute atomic E-state index is 0.267. The Balaban J connectivity index is 1.41. The molecule has 1 aromatic heterocycles. The Bertz CT molecular complexity index is 1290. The van der Waals surface area contributed by atoms with Crippen LogP contribution in [0.5, 0.6) is 17.2 Å². The fourth-order valence-corrected chi connectivity index (χ4v) is 3.00. The van der Waals surface area contributed by atoms with E-state index in [4.69, 9.17) is 9.47 Å². The number of aromatic amines is 1. The molecule has 168 valence electrons. The van der Waals surface area contributed by atoms with E-state index in [1.165, 1.54) is 7.11 Å². The van der Waals surface area contributed by atoms with E-state index >= 15 is 0 Å². The Labute approximate surface area is 188 Å². The Morgan fingerprint density at radius 3 is 2.30 bits per heavy atom. The summed E-state index contributed by atoms with van der Waals surface area (Å²) in [7, 11) is 2.85. The molecule has 10 heteroatoms. The van der Waals surface area contributed by atoms with Gasteiger partial charge in [-0.05, 0) is 48.5 Å². The summed E-state index contributed by atoms with van der Waals surface area (Å²) in [4.78, 5) is 30.9. The van der Waals surface area contributed by atoms with Crippen LogP contribution in [0.3, 0.4) is 0 Å². The van der Waals surface area contributed by atoms with E-state index in [1.807, 2.05) is 0 Å². The van der Waals surface area contributed by atoms with Crippen molar-refractivity contribution in [2.24, 2.45) is 0 Å². The molecule has 33 heavy (non-hydrogen) atoms. The number of carbonyl (C=O) groups excluding carboxylic acids is 2. The molecule has 0 aliphatic rings. The quantitative estimate of drug-likeness (QED) is 0.322. The molecule has 0 saturated carbocycles. The van der Waals surface area contributed by atoms with Crippen molar-refractivity contribution in [3.63, 3.8) is 0 Å². The van der Waals surface area contributed by atoms with E-state index < -0.39 is 6.09 Å². The molecule has 10 nitrogen and oxygen atoms in total. The molecule has 0 unspecified atom stereocenters. The first-order chi connectivity index (χ1) is 16.0. The van der Waals surface area contributed by atoms with Crippen molar-refractivity contribution in [1.82, 2.24) is 9.97 Å². The van der Waals surface area contributed by atoms with Crippen LogP contribution in [0, 0.1) is 0 Å². The number of nitrogens with one attached hydrogen (secondary N) is 4. The van der Waals surface area contributed by atoms with Crippen LogP contribution in [0.2, 0.25) is 0 Å². The van der Waals surface area contributed by atoms with Crippen molar-refractivity contribution in [2.75, 3.05) is 30.2 Å². The van der Waals surface area contributed by atoms with Crippen molar-refractivity contribution >= 4 is 40.5 Å². The van der Waals surface area contributed by atoms with Crippen molar-refractivity contribution in [3.05, 3.63) is 66.7 Å². The average Bonchev–Trinajstić information content (AvgIpc) is 3.21. The summed E-state index contributed by atoms with van der Waals surface area (Å²) < 4.78 is 15.6. The van der Waals surface area contributed by atoms with Gasteiger partial charge in [-0.25, -0.2) is 14.6 Å². The first-order valence-corrected chi connectivity index (χ1v) is 9.87. The fourth-order valence-electron chi connectivity index (χ4n) is 3.00. The van der Waals surface area contributed by atoms with E-state index in [1.54, 1.807) is 73.8 Å². The lowest BCUT2D eigenvalue weighted by atomic mass is 10.2. The van der Waals surface area contributed by atoms with Gasteiger partial charge in [0, 0.05) is 23.5 Å². The molecule has 0 atom stereocenters. The highest BCUT2D eigenvalue weighted by molar-refractivity contribution is 5.99. The molecule has 0 radical (unpaired) electrons. The molecule has 4 N–H and O–H groups in total. The number of benzene rings is 3. The zero-order valence-corrected chi connectivity index (χ0v) is 17.8. The van der Waals surface area contributed by atoms with Crippen molar-refractivity contribution < 1.29 is 23.8 Å². The number of H-pyrrole nitrogens is 1. The van der Waals surface area contributed by atoms with E-state index in [0.29, 0.717) is 39.7 Å². The minimum atomic E-state index is -0.620. The van der Waals surface area contributed by atoms with Gasteiger partial charge in [0.2, 0.25) is 5.95 Å². The number of amides is 3. The van der Waals surface area contributed by atoms with Gasteiger partial charge in [-0.3, -0.25) is 5.32 Å². The van der Waals surface area contributed by atoms with Crippen LogP contribution >= 0.6 is 0 Å². The number of anilines is 3. The number of ether oxygens (including phenoxy) is 3. The molecule has 3 amide bonds. The Hall–Kier alpha value is -4.73. The standard InChI is InChI=1S/C23H21N5O5/c1-31-16-8-6-14(7-9-16)24-22(29)25-15-4-3-5-17(12-15)33-18-10-11-19-20(13-18)27-21(26-19)28-23(30)32-2/h3-13H,1-2H3,(H2,24,25,29)(H2,26,27,28,30). The highest BCUT2D eigenvalue weighted by Gasteiger charge is 2.09. The van der Waals surface area contributed by atoms with E-state index in [9.17, 15) is 9.59 Å². The highest BCUT2D eigenvalue weighted by Crippen LogP contribution is 2.27. The fraction of sp³-hybridized carbons (Fsp3) is 0.0870. The highest BCUT2D eigenvalue weighted by atomic mass is 16.5. The van der Waals surface area contributed by atoms with Gasteiger partial charge in [-0.2, -0.15) is 0 Å². The normalized spacial score (nSPS) is 10.4. The Kier molecular flexibility index (Phi) is 6.26. The van der Waals surface area contributed by atoms with Gasteiger partial charge in [0.15, 0.2) is 0 Å². The average molecular weight is 447 g/mol. The molecule has 3 aromatic carbocycles. The maximum absolute atomic E-state index is 12.3. The topological polar surface area (TPSA) is 127 Å². The van der Waals surface area contributed by atoms with Crippen LogP contribution < -0.4 is 25.4 Å². The number of urea groups is 1. The third-order valence-electron chi connectivity index (χ3n) is 4.53. The summed E-state index contributed by atoms with van der Waals surface area (Å²) in [5.74, 6) is 2.05. The monoisotopic (exact) mass is 447 g/mol. The summed E-state index contributed by atoms with van der Waals surface area (Å²) in [5, 5.41) is 8.00. The van der Waals surface area contributed by atoms with Crippen LogP contribution in [-0.2, 0) is 4.74 Å². The van der Waals surface area contributed by atoms with Gasteiger partial charge in [0.1, 0.15) is 17.2 Å². The SMILES string of the molecule is COC(=O)Nc1nc2ccc(Oc3cccc(NC(=O)Nc4ccc(OC)cc4)c3)cc2[nH]1. The van der Waals surface area contributed by atoms with Crippen LogP contribution in [0.4, 0.5) is 26.9 Å². The number of nitrogens with zero attached hydrogens (tertiary/aromatic N) is 1. The maximum atomic E-state index is 12.3. The summed E-state index contributed by atoms with van der Waals surface area (Å²) in [6.45, 7) is 0. The molecule has 0 aliphatic carbocycles. The predicted octanol–water partition coefficient (Wildman–Crippen LogP) is 5.19. The number of hydrogen-bond donors (Lipinski definition) is 4. The minimum Gasteiger partial charge on any atom is -0.497 e. The van der Waals surface area contributed by atoms with Crippen LogP contribution in [-0.4, -0.2) is 36.3 Å². The number of hydrogen-bond acceptors (Lipinski definition) is 6. The molecule has 0 aliphatic heterocycles.